The van der Waals surface area contributed by atoms with Crippen molar-refractivity contribution in [3.05, 3.63) is 47.9 Å². The van der Waals surface area contributed by atoms with Crippen molar-refractivity contribution >= 4 is 17.6 Å². The Balaban J connectivity index is 2.09. The predicted octanol–water partition coefficient (Wildman–Crippen LogP) is 4.29. The molecule has 3 rings (SSSR count). The molecule has 0 bridgehead atoms. The van der Waals surface area contributed by atoms with Crippen LogP contribution in [0.15, 0.2) is 36.5 Å². The van der Waals surface area contributed by atoms with Crippen LogP contribution in [0, 0.1) is 0 Å². The summed E-state index contributed by atoms with van der Waals surface area (Å²) in [6.07, 6.45) is -8.66. The number of nitrogens with zero attached hydrogens (tertiary/aromatic N) is 5. The molecule has 0 aliphatic rings. The largest absolute Gasteiger partial charge is 0.433 e. The van der Waals surface area contributed by atoms with E-state index in [-0.39, 0.29) is 11.4 Å². The Bertz CT molecular complexity index is 1220. The van der Waals surface area contributed by atoms with Gasteiger partial charge in [-0.15, -0.1) is 0 Å². The summed E-state index contributed by atoms with van der Waals surface area (Å²) in [5, 5.41) is 14.7. The minimum Gasteiger partial charge on any atom is -0.389 e. The van der Waals surface area contributed by atoms with E-state index in [1.807, 2.05) is 0 Å². The van der Waals surface area contributed by atoms with Crippen LogP contribution in [0.5, 0.6) is 0 Å². The first-order valence-electron chi connectivity index (χ1n) is 10.1. The van der Waals surface area contributed by atoms with Crippen LogP contribution in [0.2, 0.25) is 0 Å². The average Bonchev–Trinajstić information content (AvgIpc) is 2.71. The van der Waals surface area contributed by atoms with Crippen LogP contribution < -0.4 is 10.6 Å². The van der Waals surface area contributed by atoms with Crippen molar-refractivity contribution < 1.29 is 34.2 Å². The highest BCUT2D eigenvalue weighted by atomic mass is 19.4. The fourth-order valence-corrected chi connectivity index (χ4v) is 2.32. The lowest BCUT2D eigenvalue weighted by atomic mass is 10.1. The highest BCUT2D eigenvalue weighted by Crippen LogP contribution is 2.31. The van der Waals surface area contributed by atoms with Gasteiger partial charge in [0, 0.05) is 18.4 Å². The average molecular weight is 475 g/mol. The molecule has 0 saturated carbocycles. The number of aliphatic hydroxyl groups is 1. The number of anilines is 3. The highest BCUT2D eigenvalue weighted by Gasteiger charge is 2.33. The smallest absolute Gasteiger partial charge is 0.389 e. The first-order chi connectivity index (χ1) is 16.0. The lowest BCUT2D eigenvalue weighted by molar-refractivity contribution is -0.141. The molecular weight excluding hydrogens is 456 g/mol. The fourth-order valence-electron chi connectivity index (χ4n) is 2.32. The molecule has 176 valence electrons. The minimum absolute atomic E-state index is 0.169. The molecule has 0 aliphatic carbocycles. The summed E-state index contributed by atoms with van der Waals surface area (Å²) in [5.41, 5.74) is -4.99. The van der Waals surface area contributed by atoms with Gasteiger partial charge in [0.05, 0.1) is 8.34 Å². The van der Waals surface area contributed by atoms with E-state index in [1.165, 1.54) is 0 Å². The first kappa shape index (κ1) is 21.3. The van der Waals surface area contributed by atoms with Gasteiger partial charge in [0.1, 0.15) is 17.1 Å². The number of aromatic nitrogens is 5. The zero-order valence-electron chi connectivity index (χ0n) is 18.9. The fraction of sp³-hybridized carbons (Fsp3) is 0.316. The molecule has 0 aliphatic heterocycles. The zero-order valence-corrected chi connectivity index (χ0v) is 16.9. The van der Waals surface area contributed by atoms with Crippen molar-refractivity contribution in [1.82, 2.24) is 24.9 Å². The minimum atomic E-state index is -4.78. The SMILES string of the molecule is [2H]C([2H])(Nc1nc(Nc2ccnc(C(F)(F)F)c2)nc(-c2cccc(C(F)(F)F)n2)n1)C(C)(C)O. The summed E-state index contributed by atoms with van der Waals surface area (Å²) in [6.45, 7) is -0.249. The molecule has 33 heavy (non-hydrogen) atoms. The Kier molecular flexibility index (Phi) is 5.66. The van der Waals surface area contributed by atoms with Crippen LogP contribution in [-0.2, 0) is 12.4 Å². The first-order valence-corrected chi connectivity index (χ1v) is 9.07. The van der Waals surface area contributed by atoms with E-state index in [0.29, 0.717) is 12.1 Å². The lowest BCUT2D eigenvalue weighted by Gasteiger charge is -2.18. The molecule has 14 heteroatoms. The van der Waals surface area contributed by atoms with Gasteiger partial charge in [-0.2, -0.15) is 41.3 Å². The van der Waals surface area contributed by atoms with Gasteiger partial charge < -0.3 is 15.7 Å². The Labute approximate surface area is 186 Å². The second-order valence-electron chi connectivity index (χ2n) is 7.07. The van der Waals surface area contributed by atoms with E-state index >= 15 is 0 Å². The molecule has 0 atom stereocenters. The van der Waals surface area contributed by atoms with Gasteiger partial charge in [0.15, 0.2) is 5.82 Å². The van der Waals surface area contributed by atoms with E-state index < -0.39 is 53.6 Å². The molecule has 0 fully saturated rings. The van der Waals surface area contributed by atoms with Gasteiger partial charge in [-0.1, -0.05) is 6.07 Å². The summed E-state index contributed by atoms with van der Waals surface area (Å²) in [4.78, 5) is 18.3. The van der Waals surface area contributed by atoms with Crippen molar-refractivity contribution in [2.45, 2.75) is 31.8 Å². The van der Waals surface area contributed by atoms with E-state index in [1.54, 1.807) is 0 Å². The molecule has 3 aromatic rings. The summed E-state index contributed by atoms with van der Waals surface area (Å²) in [7, 11) is 0. The third-order valence-electron chi connectivity index (χ3n) is 3.69. The Morgan fingerprint density at radius 1 is 0.909 bits per heavy atom. The second kappa shape index (κ2) is 8.77. The predicted molar refractivity (Wildman–Crippen MR) is 105 cm³/mol. The van der Waals surface area contributed by atoms with Crippen LogP contribution in [0.4, 0.5) is 43.9 Å². The molecule has 0 aromatic carbocycles. The van der Waals surface area contributed by atoms with E-state index in [2.05, 4.69) is 35.6 Å². The van der Waals surface area contributed by atoms with E-state index in [4.69, 9.17) is 2.74 Å². The van der Waals surface area contributed by atoms with Crippen molar-refractivity contribution in [2.75, 3.05) is 17.1 Å². The number of pyridine rings is 2. The van der Waals surface area contributed by atoms with Gasteiger partial charge >= 0.3 is 12.4 Å². The van der Waals surface area contributed by atoms with Gasteiger partial charge in [0.25, 0.3) is 0 Å². The number of alkyl halides is 6. The van der Waals surface area contributed by atoms with Crippen LogP contribution >= 0.6 is 0 Å². The zero-order chi connectivity index (χ0) is 26.2. The molecule has 8 nitrogen and oxygen atoms in total. The normalized spacial score (nSPS) is 13.8. The third kappa shape index (κ3) is 6.71. The molecule has 0 spiro atoms. The van der Waals surface area contributed by atoms with Crippen molar-refractivity contribution in [1.29, 1.82) is 0 Å². The molecule has 3 heterocycles. The van der Waals surface area contributed by atoms with Gasteiger partial charge in [0.2, 0.25) is 11.9 Å². The topological polar surface area (TPSA) is 109 Å². The number of hydrogen-bond donors (Lipinski definition) is 3. The molecule has 3 N–H and O–H groups in total. The van der Waals surface area contributed by atoms with E-state index in [9.17, 15) is 31.4 Å². The maximum atomic E-state index is 13.1. The molecule has 0 unspecified atom stereocenters. The number of halogens is 6. The Hall–Kier alpha value is -3.55. The quantitative estimate of drug-likeness (QED) is 0.453. The molecule has 0 radical (unpaired) electrons. The number of nitrogens with one attached hydrogen (secondary N) is 2. The highest BCUT2D eigenvalue weighted by molar-refractivity contribution is 5.59. The molecular formula is C19H17F6N7O. The van der Waals surface area contributed by atoms with Gasteiger partial charge in [-0.05, 0) is 38.1 Å². The summed E-state index contributed by atoms with van der Waals surface area (Å²) < 4.78 is 94.2. The number of hydrogen-bond acceptors (Lipinski definition) is 8. The van der Waals surface area contributed by atoms with Crippen LogP contribution in [-0.4, -0.2) is 42.1 Å². The van der Waals surface area contributed by atoms with Crippen molar-refractivity contribution in [2.24, 2.45) is 0 Å². The van der Waals surface area contributed by atoms with Crippen LogP contribution in [0.25, 0.3) is 11.5 Å². The summed E-state index contributed by atoms with van der Waals surface area (Å²) in [6, 6.07) is 4.71. The Morgan fingerprint density at radius 3 is 2.21 bits per heavy atom. The van der Waals surface area contributed by atoms with E-state index in [0.717, 1.165) is 38.2 Å². The van der Waals surface area contributed by atoms with Crippen LogP contribution in [0.1, 0.15) is 28.0 Å². The number of rotatable bonds is 6. The summed E-state index contributed by atoms with van der Waals surface area (Å²) in [5.74, 6) is -1.43. The molecule has 3 aromatic heterocycles. The molecule has 0 saturated heterocycles. The van der Waals surface area contributed by atoms with Crippen LogP contribution in [0.3, 0.4) is 0 Å². The van der Waals surface area contributed by atoms with Gasteiger partial charge in [-0.25, -0.2) is 4.98 Å². The summed E-state index contributed by atoms with van der Waals surface area (Å²) >= 11 is 0. The van der Waals surface area contributed by atoms with Crippen molar-refractivity contribution in [3.63, 3.8) is 0 Å². The standard InChI is InChI=1S/C19H17F6N7O/c1-17(2,33)9-27-15-30-14(11-4-3-5-12(29-11)18(20,21)22)31-16(32-15)28-10-6-7-26-13(8-10)19(23,24)25/h3-8,33H,9H2,1-2H3,(H2,26,27,28,30,31,32)/i9D2. The maximum absolute atomic E-state index is 13.1. The van der Waals surface area contributed by atoms with Gasteiger partial charge in [-0.3, -0.25) is 4.98 Å². The second-order valence-corrected chi connectivity index (χ2v) is 7.07. The lowest BCUT2D eigenvalue weighted by Crippen LogP contribution is -2.30. The maximum Gasteiger partial charge on any atom is 0.433 e. The Morgan fingerprint density at radius 2 is 1.58 bits per heavy atom. The third-order valence-corrected chi connectivity index (χ3v) is 3.69. The van der Waals surface area contributed by atoms with Crippen molar-refractivity contribution in [3.8, 4) is 11.5 Å². The molecule has 0 amide bonds. The monoisotopic (exact) mass is 475 g/mol.